The lowest BCUT2D eigenvalue weighted by molar-refractivity contribution is 0.0746. The first-order chi connectivity index (χ1) is 16.2. The van der Waals surface area contributed by atoms with Crippen molar-refractivity contribution in [1.82, 2.24) is 0 Å². The van der Waals surface area contributed by atoms with E-state index in [1.807, 2.05) is 0 Å². The number of aliphatic hydroxyl groups excluding tert-OH is 2. The van der Waals surface area contributed by atoms with Crippen molar-refractivity contribution in [3.8, 4) is 5.75 Å². The van der Waals surface area contributed by atoms with Crippen LogP contribution in [0.25, 0.3) is 0 Å². The van der Waals surface area contributed by atoms with E-state index in [-0.39, 0.29) is 0 Å². The molecule has 0 bridgehead atoms. The van der Waals surface area contributed by atoms with Gasteiger partial charge >= 0.3 is 0 Å². The van der Waals surface area contributed by atoms with Crippen LogP contribution in [0.3, 0.4) is 0 Å². The Morgan fingerprint density at radius 3 is 2.56 bits per heavy atom. The lowest BCUT2D eigenvalue weighted by Gasteiger charge is -2.44. The summed E-state index contributed by atoms with van der Waals surface area (Å²) in [5.41, 5.74) is 4.91. The van der Waals surface area contributed by atoms with Crippen molar-refractivity contribution >= 4 is 0 Å². The summed E-state index contributed by atoms with van der Waals surface area (Å²) >= 11 is 0. The average Bonchev–Trinajstić information content (AvgIpc) is 3.17. The number of benzene rings is 1. The standard InChI is InChI=1S/C31H44O3/c1-20(2)25-8-6-10-26(18-25)34-19-21(3)27-13-14-28-24(9-7-15-31(27,28)5)12-11-23-16-29(32)22(4)30(33)17-23/h6,8,10-12,18,20-21,27-30,32-33H,4,7,9,13-17,19H2,1-3,5H3. The fraction of sp³-hybridized carbons (Fsp3) is 0.613. The molecule has 3 heteroatoms. The fourth-order valence-electron chi connectivity index (χ4n) is 6.95. The van der Waals surface area contributed by atoms with Crippen LogP contribution in [0.1, 0.15) is 84.1 Å². The van der Waals surface area contributed by atoms with Gasteiger partial charge in [-0.25, -0.2) is 0 Å². The van der Waals surface area contributed by atoms with Gasteiger partial charge < -0.3 is 14.9 Å². The minimum Gasteiger partial charge on any atom is -0.493 e. The number of ether oxygens (including phenoxy) is 1. The molecule has 3 aliphatic carbocycles. The Kier molecular flexibility index (Phi) is 7.74. The Morgan fingerprint density at radius 1 is 1.12 bits per heavy atom. The van der Waals surface area contributed by atoms with Crippen LogP contribution in [0.5, 0.6) is 5.75 Å². The van der Waals surface area contributed by atoms with Crippen LogP contribution in [-0.2, 0) is 0 Å². The van der Waals surface area contributed by atoms with Crippen LogP contribution in [0.4, 0.5) is 0 Å². The number of fused-ring (bicyclic) bond motifs is 1. The van der Waals surface area contributed by atoms with Gasteiger partial charge in [-0.15, -0.1) is 0 Å². The van der Waals surface area contributed by atoms with Gasteiger partial charge in [-0.05, 0) is 97.3 Å². The molecule has 6 unspecified atom stereocenters. The smallest absolute Gasteiger partial charge is 0.119 e. The van der Waals surface area contributed by atoms with Crippen LogP contribution >= 0.6 is 0 Å². The van der Waals surface area contributed by atoms with Gasteiger partial charge in [0.05, 0.1) is 18.8 Å². The molecular weight excluding hydrogens is 420 g/mol. The highest BCUT2D eigenvalue weighted by atomic mass is 16.5. The summed E-state index contributed by atoms with van der Waals surface area (Å²) in [6.45, 7) is 13.9. The first-order valence-electron chi connectivity index (χ1n) is 13.3. The lowest BCUT2D eigenvalue weighted by atomic mass is 9.61. The van der Waals surface area contributed by atoms with E-state index in [4.69, 9.17) is 4.74 Å². The third kappa shape index (κ3) is 5.21. The monoisotopic (exact) mass is 464 g/mol. The van der Waals surface area contributed by atoms with Crippen LogP contribution in [0.15, 0.2) is 59.7 Å². The quantitative estimate of drug-likeness (QED) is 0.447. The zero-order chi connectivity index (χ0) is 24.5. The van der Waals surface area contributed by atoms with E-state index in [0.717, 1.165) is 17.9 Å². The number of allylic oxidation sites excluding steroid dienone is 3. The maximum absolute atomic E-state index is 10.2. The topological polar surface area (TPSA) is 49.7 Å². The molecule has 3 nitrogen and oxygen atoms in total. The summed E-state index contributed by atoms with van der Waals surface area (Å²) in [7, 11) is 0. The number of rotatable bonds is 6. The van der Waals surface area contributed by atoms with Gasteiger partial charge in [0.15, 0.2) is 0 Å². The van der Waals surface area contributed by atoms with Crippen molar-refractivity contribution in [3.05, 3.63) is 65.3 Å². The molecule has 3 aliphatic rings. The SMILES string of the molecule is C=C1C(O)CC(=CC=C2CCCC3(C)C2CCC3C(C)COc2cccc(C(C)C)c2)CC1O. The normalized spacial score (nSPS) is 33.8. The zero-order valence-corrected chi connectivity index (χ0v) is 21.6. The van der Waals surface area contributed by atoms with Crippen LogP contribution in [0, 0.1) is 23.2 Å². The molecule has 1 aromatic rings. The first-order valence-corrected chi connectivity index (χ1v) is 13.3. The van der Waals surface area contributed by atoms with E-state index >= 15 is 0 Å². The molecule has 34 heavy (non-hydrogen) atoms. The van der Waals surface area contributed by atoms with Gasteiger partial charge in [0.25, 0.3) is 0 Å². The van der Waals surface area contributed by atoms with E-state index in [1.165, 1.54) is 37.7 Å². The van der Waals surface area contributed by atoms with Crippen molar-refractivity contribution in [2.24, 2.45) is 23.2 Å². The molecular formula is C31H44O3. The second kappa shape index (κ2) is 10.4. The van der Waals surface area contributed by atoms with E-state index in [2.05, 4.69) is 70.7 Å². The molecule has 1 aromatic carbocycles. The molecule has 0 saturated heterocycles. The molecule has 0 spiro atoms. The predicted molar refractivity (Wildman–Crippen MR) is 140 cm³/mol. The first kappa shape index (κ1) is 25.3. The van der Waals surface area contributed by atoms with Gasteiger partial charge in [0, 0.05) is 0 Å². The lowest BCUT2D eigenvalue weighted by Crippen LogP contribution is -2.37. The van der Waals surface area contributed by atoms with Crippen molar-refractivity contribution < 1.29 is 14.9 Å². The van der Waals surface area contributed by atoms with Crippen LogP contribution < -0.4 is 4.74 Å². The van der Waals surface area contributed by atoms with E-state index in [9.17, 15) is 10.2 Å². The Morgan fingerprint density at radius 2 is 1.85 bits per heavy atom. The second-order valence-corrected chi connectivity index (χ2v) is 11.7. The summed E-state index contributed by atoms with van der Waals surface area (Å²) in [5.74, 6) is 3.32. The van der Waals surface area contributed by atoms with Crippen LogP contribution in [0.2, 0.25) is 0 Å². The predicted octanol–water partition coefficient (Wildman–Crippen LogP) is 6.97. The molecule has 0 radical (unpaired) electrons. The number of hydrogen-bond donors (Lipinski definition) is 2. The van der Waals surface area contributed by atoms with Crippen LogP contribution in [-0.4, -0.2) is 29.0 Å². The highest BCUT2D eigenvalue weighted by Crippen LogP contribution is 2.59. The maximum Gasteiger partial charge on any atom is 0.119 e. The highest BCUT2D eigenvalue weighted by Gasteiger charge is 2.50. The Bertz CT molecular complexity index is 926. The zero-order valence-electron chi connectivity index (χ0n) is 21.6. The van der Waals surface area contributed by atoms with Gasteiger partial charge in [-0.1, -0.05) is 69.7 Å². The van der Waals surface area contributed by atoms with Crippen molar-refractivity contribution in [1.29, 1.82) is 0 Å². The Hall–Kier alpha value is -1.84. The van der Waals surface area contributed by atoms with Gasteiger partial charge in [0.2, 0.25) is 0 Å². The van der Waals surface area contributed by atoms with E-state index < -0.39 is 12.2 Å². The molecule has 3 fully saturated rings. The molecule has 2 N–H and O–H groups in total. The molecule has 186 valence electrons. The Balaban J connectivity index is 1.42. The number of aliphatic hydroxyl groups is 2. The molecule has 6 atom stereocenters. The van der Waals surface area contributed by atoms with Gasteiger partial charge in [-0.2, -0.15) is 0 Å². The number of hydrogen-bond acceptors (Lipinski definition) is 3. The average molecular weight is 465 g/mol. The third-order valence-electron chi connectivity index (χ3n) is 9.06. The molecule has 0 aromatic heterocycles. The molecule has 0 heterocycles. The molecule has 0 aliphatic heterocycles. The maximum atomic E-state index is 10.2. The van der Waals surface area contributed by atoms with Crippen molar-refractivity contribution in [2.45, 2.75) is 90.8 Å². The second-order valence-electron chi connectivity index (χ2n) is 11.7. The van der Waals surface area contributed by atoms with Gasteiger partial charge in [-0.3, -0.25) is 0 Å². The van der Waals surface area contributed by atoms with E-state index in [0.29, 0.717) is 47.5 Å². The summed E-state index contributed by atoms with van der Waals surface area (Å²) in [5, 5.41) is 20.4. The fourth-order valence-corrected chi connectivity index (χ4v) is 6.95. The summed E-state index contributed by atoms with van der Waals surface area (Å²) in [6.07, 6.45) is 10.7. The molecule has 3 saturated carbocycles. The van der Waals surface area contributed by atoms with Crippen molar-refractivity contribution in [3.63, 3.8) is 0 Å². The van der Waals surface area contributed by atoms with Crippen molar-refractivity contribution in [2.75, 3.05) is 6.61 Å². The Labute approximate surface area is 206 Å². The van der Waals surface area contributed by atoms with E-state index in [1.54, 1.807) is 5.57 Å². The minimum absolute atomic E-state index is 0.324. The third-order valence-corrected chi connectivity index (χ3v) is 9.06. The molecule has 4 rings (SSSR count). The minimum atomic E-state index is -0.622. The molecule has 0 amide bonds. The summed E-state index contributed by atoms with van der Waals surface area (Å²) < 4.78 is 6.30. The largest absolute Gasteiger partial charge is 0.493 e. The summed E-state index contributed by atoms with van der Waals surface area (Å²) in [6, 6.07) is 8.57. The summed E-state index contributed by atoms with van der Waals surface area (Å²) in [4.78, 5) is 0. The van der Waals surface area contributed by atoms with Gasteiger partial charge in [0.1, 0.15) is 5.75 Å². The highest BCUT2D eigenvalue weighted by molar-refractivity contribution is 5.31.